The van der Waals surface area contributed by atoms with E-state index < -0.39 is 10.8 Å². The third-order valence-electron chi connectivity index (χ3n) is 3.62. The molecule has 0 saturated heterocycles. The van der Waals surface area contributed by atoms with Crippen LogP contribution in [-0.2, 0) is 4.79 Å². The first-order valence-corrected chi connectivity index (χ1v) is 9.63. The molecule has 0 bridgehead atoms. The molecule has 2 aromatic carbocycles. The van der Waals surface area contributed by atoms with Gasteiger partial charge in [-0.3, -0.25) is 14.9 Å². The fourth-order valence-electron chi connectivity index (χ4n) is 2.36. The fourth-order valence-corrected chi connectivity index (χ4v) is 3.37. The molecular formula is C19H15ClIN3O5. The zero-order valence-electron chi connectivity index (χ0n) is 15.4. The van der Waals surface area contributed by atoms with E-state index in [0.717, 1.165) is 9.64 Å². The number of ether oxygens (including phenoxy) is 2. The molecule has 29 heavy (non-hydrogen) atoms. The van der Waals surface area contributed by atoms with Crippen LogP contribution >= 0.6 is 34.2 Å². The monoisotopic (exact) mass is 527 g/mol. The molecule has 0 aromatic heterocycles. The van der Waals surface area contributed by atoms with Crippen molar-refractivity contribution in [3.05, 3.63) is 60.2 Å². The molecule has 10 heteroatoms. The molecule has 0 heterocycles. The zero-order chi connectivity index (χ0) is 21.6. The summed E-state index contributed by atoms with van der Waals surface area (Å²) in [5.41, 5.74) is 0.135. The second kappa shape index (κ2) is 10.1. The predicted molar refractivity (Wildman–Crippen MR) is 117 cm³/mol. The van der Waals surface area contributed by atoms with Crippen molar-refractivity contribution < 1.29 is 19.2 Å². The molecular weight excluding hydrogens is 513 g/mol. The molecule has 150 valence electrons. The number of methoxy groups -OCH3 is 1. The van der Waals surface area contributed by atoms with E-state index in [1.54, 1.807) is 12.1 Å². The van der Waals surface area contributed by atoms with Crippen molar-refractivity contribution in [1.82, 2.24) is 0 Å². The van der Waals surface area contributed by atoms with Crippen molar-refractivity contribution in [2.75, 3.05) is 19.0 Å². The molecule has 0 spiro atoms. The summed E-state index contributed by atoms with van der Waals surface area (Å²) in [5, 5.41) is 22.9. The number of carbonyl (C=O) groups is 1. The molecule has 2 rings (SSSR count). The lowest BCUT2D eigenvalue weighted by molar-refractivity contribution is -0.384. The summed E-state index contributed by atoms with van der Waals surface area (Å²) in [6.07, 6.45) is 1.38. The first-order valence-electron chi connectivity index (χ1n) is 8.18. The van der Waals surface area contributed by atoms with Crippen molar-refractivity contribution in [2.45, 2.75) is 6.92 Å². The van der Waals surface area contributed by atoms with Crippen molar-refractivity contribution in [3.8, 4) is 17.6 Å². The third kappa shape index (κ3) is 5.58. The molecule has 2 aromatic rings. The first-order chi connectivity index (χ1) is 13.8. The summed E-state index contributed by atoms with van der Waals surface area (Å²) in [6, 6.07) is 8.84. The number of amides is 1. The van der Waals surface area contributed by atoms with Gasteiger partial charge in [-0.25, -0.2) is 0 Å². The lowest BCUT2D eigenvalue weighted by atomic mass is 10.1. The summed E-state index contributed by atoms with van der Waals surface area (Å²) in [4.78, 5) is 22.8. The van der Waals surface area contributed by atoms with E-state index in [4.69, 9.17) is 21.1 Å². The van der Waals surface area contributed by atoms with Crippen LogP contribution in [0.1, 0.15) is 12.5 Å². The second-order valence-corrected chi connectivity index (χ2v) is 7.08. The standard InChI is InChI=1S/C19H15ClIN3O5/c1-3-29-17-8-11(7-15(21)18(17)28-2)6-12(10-22)19(25)23-16-9-13(24(26)27)4-5-14(16)20/h4-9H,3H2,1-2H3,(H,23,25)/b12-6+. The van der Waals surface area contributed by atoms with E-state index in [9.17, 15) is 20.2 Å². The fraction of sp³-hybridized carbons (Fsp3) is 0.158. The van der Waals surface area contributed by atoms with Crippen LogP contribution in [0.3, 0.4) is 0 Å². The van der Waals surface area contributed by atoms with E-state index in [0.29, 0.717) is 23.7 Å². The Bertz CT molecular complexity index is 1030. The van der Waals surface area contributed by atoms with Gasteiger partial charge in [-0.2, -0.15) is 5.26 Å². The Morgan fingerprint density at radius 3 is 2.72 bits per heavy atom. The number of nitrogens with one attached hydrogen (secondary N) is 1. The topological polar surface area (TPSA) is 114 Å². The molecule has 0 fully saturated rings. The van der Waals surface area contributed by atoms with Gasteiger partial charge < -0.3 is 14.8 Å². The van der Waals surface area contributed by atoms with E-state index in [1.807, 2.05) is 13.0 Å². The van der Waals surface area contributed by atoms with Crippen LogP contribution in [0, 0.1) is 25.0 Å². The Kier molecular flexibility index (Phi) is 7.81. The van der Waals surface area contributed by atoms with Gasteiger partial charge in [0.2, 0.25) is 0 Å². The second-order valence-electron chi connectivity index (χ2n) is 5.51. The smallest absolute Gasteiger partial charge is 0.271 e. The highest BCUT2D eigenvalue weighted by Gasteiger charge is 2.16. The zero-order valence-corrected chi connectivity index (χ0v) is 18.3. The lowest BCUT2D eigenvalue weighted by Gasteiger charge is -2.12. The van der Waals surface area contributed by atoms with Crippen LogP contribution in [0.15, 0.2) is 35.9 Å². The summed E-state index contributed by atoms with van der Waals surface area (Å²) >= 11 is 8.05. The van der Waals surface area contributed by atoms with Crippen LogP contribution in [0.5, 0.6) is 11.5 Å². The molecule has 8 nitrogen and oxygen atoms in total. The minimum atomic E-state index is -0.751. The molecule has 0 atom stereocenters. The summed E-state index contributed by atoms with van der Waals surface area (Å²) in [6.45, 7) is 2.24. The Balaban J connectivity index is 2.37. The molecule has 1 amide bonds. The number of nitro benzene ring substituents is 1. The first kappa shape index (κ1) is 22.4. The Hall–Kier alpha value is -2.84. The number of nitriles is 1. The minimum absolute atomic E-state index is 0.0336. The number of hydrogen-bond acceptors (Lipinski definition) is 6. The number of rotatable bonds is 7. The van der Waals surface area contributed by atoms with Gasteiger partial charge >= 0.3 is 0 Å². The van der Waals surface area contributed by atoms with Gasteiger partial charge in [0, 0.05) is 12.1 Å². The largest absolute Gasteiger partial charge is 0.492 e. The Morgan fingerprint density at radius 1 is 1.41 bits per heavy atom. The van der Waals surface area contributed by atoms with Gasteiger partial charge in [0.25, 0.3) is 11.6 Å². The Labute approximate surface area is 185 Å². The molecule has 0 radical (unpaired) electrons. The average molecular weight is 528 g/mol. The van der Waals surface area contributed by atoms with Gasteiger partial charge in [-0.05, 0) is 59.4 Å². The van der Waals surface area contributed by atoms with Gasteiger partial charge in [0.05, 0.1) is 32.9 Å². The van der Waals surface area contributed by atoms with Crippen molar-refractivity contribution >= 4 is 57.5 Å². The number of benzene rings is 2. The molecule has 0 saturated carbocycles. The number of non-ortho nitro benzene ring substituents is 1. The quantitative estimate of drug-likeness (QED) is 0.182. The SMILES string of the molecule is CCOc1cc(/C=C(\C#N)C(=O)Nc2cc([N+](=O)[O-])ccc2Cl)cc(I)c1OC. The number of anilines is 1. The van der Waals surface area contributed by atoms with E-state index in [2.05, 4.69) is 27.9 Å². The molecule has 0 aliphatic rings. The van der Waals surface area contributed by atoms with Crippen LogP contribution < -0.4 is 14.8 Å². The van der Waals surface area contributed by atoms with Crippen molar-refractivity contribution in [2.24, 2.45) is 0 Å². The third-order valence-corrected chi connectivity index (χ3v) is 4.75. The maximum Gasteiger partial charge on any atom is 0.271 e. The number of hydrogen-bond donors (Lipinski definition) is 1. The molecule has 0 aliphatic heterocycles. The normalized spacial score (nSPS) is 10.8. The number of carbonyl (C=O) groups excluding carboxylic acids is 1. The summed E-state index contributed by atoms with van der Waals surface area (Å²) in [5.74, 6) is 0.280. The predicted octanol–water partition coefficient (Wildman–Crippen LogP) is 4.81. The highest BCUT2D eigenvalue weighted by atomic mass is 127. The molecule has 1 N–H and O–H groups in total. The number of nitrogens with zero attached hydrogens (tertiary/aromatic N) is 2. The Morgan fingerprint density at radius 2 is 2.14 bits per heavy atom. The number of nitro groups is 1. The van der Waals surface area contributed by atoms with Crippen LogP contribution in [0.2, 0.25) is 5.02 Å². The average Bonchev–Trinajstić information content (AvgIpc) is 2.67. The summed E-state index contributed by atoms with van der Waals surface area (Å²) < 4.78 is 11.6. The van der Waals surface area contributed by atoms with Crippen molar-refractivity contribution in [3.63, 3.8) is 0 Å². The maximum atomic E-state index is 12.5. The number of halogens is 2. The van der Waals surface area contributed by atoms with Gasteiger partial charge in [-0.1, -0.05) is 11.6 Å². The van der Waals surface area contributed by atoms with E-state index in [-0.39, 0.29) is 22.0 Å². The highest BCUT2D eigenvalue weighted by Crippen LogP contribution is 2.34. The summed E-state index contributed by atoms with van der Waals surface area (Å²) in [7, 11) is 1.52. The lowest BCUT2D eigenvalue weighted by Crippen LogP contribution is -2.14. The van der Waals surface area contributed by atoms with Crippen LogP contribution in [0.4, 0.5) is 11.4 Å². The van der Waals surface area contributed by atoms with Gasteiger partial charge in [0.1, 0.15) is 11.6 Å². The molecule has 0 aliphatic carbocycles. The van der Waals surface area contributed by atoms with Crippen LogP contribution in [0.25, 0.3) is 6.08 Å². The maximum absolute atomic E-state index is 12.5. The van der Waals surface area contributed by atoms with E-state index in [1.165, 1.54) is 25.3 Å². The van der Waals surface area contributed by atoms with Crippen LogP contribution in [-0.4, -0.2) is 24.5 Å². The minimum Gasteiger partial charge on any atom is -0.492 e. The molecule has 0 unspecified atom stereocenters. The van der Waals surface area contributed by atoms with Crippen molar-refractivity contribution in [1.29, 1.82) is 5.26 Å². The van der Waals surface area contributed by atoms with Gasteiger partial charge in [0.15, 0.2) is 11.5 Å². The van der Waals surface area contributed by atoms with E-state index >= 15 is 0 Å². The van der Waals surface area contributed by atoms with Gasteiger partial charge in [-0.15, -0.1) is 0 Å². The highest BCUT2D eigenvalue weighted by molar-refractivity contribution is 14.1.